The number of ether oxygens (including phenoxy) is 1. The molecule has 0 aliphatic carbocycles. The molecule has 0 bridgehead atoms. The van der Waals surface area contributed by atoms with E-state index in [0.717, 1.165) is 19.6 Å². The monoisotopic (exact) mass is 423 g/mol. The predicted molar refractivity (Wildman–Crippen MR) is 112 cm³/mol. The van der Waals surface area contributed by atoms with Gasteiger partial charge in [0.05, 0.1) is 17.6 Å². The molecule has 0 aromatic heterocycles. The third-order valence-corrected chi connectivity index (χ3v) is 7.47. The first-order chi connectivity index (χ1) is 13.9. The van der Waals surface area contributed by atoms with Gasteiger partial charge in [-0.2, -0.15) is 4.31 Å². The Kier molecular flexibility index (Phi) is 7.67. The first kappa shape index (κ1) is 22.2. The normalized spacial score (nSPS) is 22.7. The van der Waals surface area contributed by atoms with Crippen LogP contribution in [0.1, 0.15) is 26.7 Å². The second kappa shape index (κ2) is 10.0. The molecule has 7 nitrogen and oxygen atoms in total. The fourth-order valence-electron chi connectivity index (χ4n) is 4.04. The van der Waals surface area contributed by atoms with Gasteiger partial charge in [-0.05, 0) is 30.9 Å². The smallest absolute Gasteiger partial charge is 0.243 e. The third-order valence-electron chi connectivity index (χ3n) is 5.56. The number of hydrogen-bond acceptors (Lipinski definition) is 5. The number of hydrogen-bond donors (Lipinski definition) is 1. The summed E-state index contributed by atoms with van der Waals surface area (Å²) in [4.78, 5) is 15.3. The first-order valence-electron chi connectivity index (χ1n) is 10.5. The second-order valence-electron chi connectivity index (χ2n) is 8.38. The van der Waals surface area contributed by atoms with Crippen molar-refractivity contribution >= 4 is 15.9 Å². The summed E-state index contributed by atoms with van der Waals surface area (Å²) >= 11 is 0. The van der Waals surface area contributed by atoms with E-state index in [2.05, 4.69) is 24.1 Å². The summed E-state index contributed by atoms with van der Waals surface area (Å²) in [6.07, 6.45) is 1.11. The van der Waals surface area contributed by atoms with Crippen LogP contribution in [0, 0.1) is 11.8 Å². The molecular formula is C21H33N3O4S. The van der Waals surface area contributed by atoms with Crippen LogP contribution in [-0.2, 0) is 19.6 Å². The van der Waals surface area contributed by atoms with Crippen molar-refractivity contribution in [2.24, 2.45) is 11.8 Å². The summed E-state index contributed by atoms with van der Waals surface area (Å²) in [6, 6.07) is 8.47. The predicted octanol–water partition coefficient (Wildman–Crippen LogP) is 1.56. The molecule has 3 rings (SSSR count). The van der Waals surface area contributed by atoms with Crippen LogP contribution >= 0.6 is 0 Å². The number of carbonyl (C=O) groups is 1. The average Bonchev–Trinajstić information content (AvgIpc) is 2.72. The van der Waals surface area contributed by atoms with Crippen LogP contribution in [-0.4, -0.2) is 75.5 Å². The maximum atomic E-state index is 12.7. The van der Waals surface area contributed by atoms with E-state index in [4.69, 9.17) is 4.74 Å². The lowest BCUT2D eigenvalue weighted by Crippen LogP contribution is -2.50. The van der Waals surface area contributed by atoms with E-state index < -0.39 is 10.0 Å². The lowest BCUT2D eigenvalue weighted by atomic mass is 9.97. The van der Waals surface area contributed by atoms with Gasteiger partial charge in [0.1, 0.15) is 0 Å². The quantitative estimate of drug-likeness (QED) is 0.720. The van der Waals surface area contributed by atoms with Gasteiger partial charge in [0.25, 0.3) is 0 Å². The number of sulfonamides is 1. The molecule has 0 saturated carbocycles. The molecule has 29 heavy (non-hydrogen) atoms. The fourth-order valence-corrected chi connectivity index (χ4v) is 5.54. The van der Waals surface area contributed by atoms with E-state index in [0.29, 0.717) is 49.9 Å². The standard InChI is InChI=1S/C21H33N3O4S/c1-17(2)15-23-12-13-28-19(16-23)14-22-21(25)18-8-10-24(11-9-18)29(26,27)20-6-4-3-5-7-20/h3-7,17-19H,8-16H2,1-2H3,(H,22,25)/t19-/m1/s1. The zero-order chi connectivity index (χ0) is 20.9. The van der Waals surface area contributed by atoms with Gasteiger partial charge >= 0.3 is 0 Å². The molecule has 2 fully saturated rings. The van der Waals surface area contributed by atoms with E-state index in [1.807, 2.05) is 0 Å². The highest BCUT2D eigenvalue weighted by molar-refractivity contribution is 7.89. The van der Waals surface area contributed by atoms with Crippen molar-refractivity contribution in [3.8, 4) is 0 Å². The van der Waals surface area contributed by atoms with Crippen molar-refractivity contribution in [1.82, 2.24) is 14.5 Å². The maximum Gasteiger partial charge on any atom is 0.243 e. The highest BCUT2D eigenvalue weighted by Gasteiger charge is 2.32. The summed E-state index contributed by atoms with van der Waals surface area (Å²) in [5, 5.41) is 3.02. The summed E-state index contributed by atoms with van der Waals surface area (Å²) in [6.45, 7) is 9.19. The Bertz CT molecular complexity index is 761. The Morgan fingerprint density at radius 2 is 1.86 bits per heavy atom. The number of carbonyl (C=O) groups excluding carboxylic acids is 1. The van der Waals surface area contributed by atoms with Gasteiger partial charge in [-0.3, -0.25) is 9.69 Å². The molecule has 0 spiro atoms. The maximum absolute atomic E-state index is 12.7. The minimum Gasteiger partial charge on any atom is -0.374 e. The summed E-state index contributed by atoms with van der Waals surface area (Å²) in [5.74, 6) is 0.472. The van der Waals surface area contributed by atoms with Crippen molar-refractivity contribution in [3.63, 3.8) is 0 Å². The van der Waals surface area contributed by atoms with Crippen LogP contribution in [0.3, 0.4) is 0 Å². The molecule has 1 aromatic rings. The molecule has 8 heteroatoms. The number of morpholine rings is 1. The first-order valence-corrected chi connectivity index (χ1v) is 12.0. The highest BCUT2D eigenvalue weighted by Crippen LogP contribution is 2.24. The Morgan fingerprint density at radius 1 is 1.17 bits per heavy atom. The van der Waals surface area contributed by atoms with E-state index >= 15 is 0 Å². The zero-order valence-electron chi connectivity index (χ0n) is 17.4. The molecule has 1 atom stereocenters. The Hall–Kier alpha value is -1.48. The van der Waals surface area contributed by atoms with E-state index in [-0.39, 0.29) is 17.9 Å². The third kappa shape index (κ3) is 6.01. The molecule has 162 valence electrons. The number of rotatable bonds is 7. The molecule has 2 saturated heterocycles. The minimum atomic E-state index is -3.48. The van der Waals surface area contributed by atoms with Crippen LogP contribution in [0.2, 0.25) is 0 Å². The van der Waals surface area contributed by atoms with Crippen molar-refractivity contribution in [1.29, 1.82) is 0 Å². The fraction of sp³-hybridized carbons (Fsp3) is 0.667. The van der Waals surface area contributed by atoms with Crippen LogP contribution in [0.4, 0.5) is 0 Å². The minimum absolute atomic E-state index is 0.00587. The molecule has 2 heterocycles. The summed E-state index contributed by atoms with van der Waals surface area (Å²) in [5.41, 5.74) is 0. The second-order valence-corrected chi connectivity index (χ2v) is 10.3. The van der Waals surface area contributed by atoms with Crippen molar-refractivity contribution in [2.75, 3.05) is 45.9 Å². The van der Waals surface area contributed by atoms with Crippen LogP contribution in [0.15, 0.2) is 35.2 Å². The Balaban J connectivity index is 1.44. The van der Waals surface area contributed by atoms with Crippen molar-refractivity contribution < 1.29 is 17.9 Å². The Morgan fingerprint density at radius 3 is 2.52 bits per heavy atom. The van der Waals surface area contributed by atoms with Crippen molar-refractivity contribution in [2.45, 2.75) is 37.7 Å². The van der Waals surface area contributed by atoms with Gasteiger partial charge < -0.3 is 10.1 Å². The number of benzene rings is 1. The lowest BCUT2D eigenvalue weighted by molar-refractivity contribution is -0.127. The van der Waals surface area contributed by atoms with Gasteiger partial charge in [0.15, 0.2) is 0 Å². The molecular weight excluding hydrogens is 390 g/mol. The zero-order valence-corrected chi connectivity index (χ0v) is 18.2. The van der Waals surface area contributed by atoms with Crippen LogP contribution in [0.5, 0.6) is 0 Å². The topological polar surface area (TPSA) is 79.0 Å². The largest absolute Gasteiger partial charge is 0.374 e. The molecule has 1 aromatic carbocycles. The average molecular weight is 424 g/mol. The number of nitrogens with one attached hydrogen (secondary N) is 1. The van der Waals surface area contributed by atoms with Crippen molar-refractivity contribution in [3.05, 3.63) is 30.3 Å². The van der Waals surface area contributed by atoms with Gasteiger partial charge in [0, 0.05) is 45.2 Å². The van der Waals surface area contributed by atoms with Gasteiger partial charge in [-0.15, -0.1) is 0 Å². The summed E-state index contributed by atoms with van der Waals surface area (Å²) in [7, 11) is -3.48. The van der Waals surface area contributed by atoms with Crippen LogP contribution in [0.25, 0.3) is 0 Å². The summed E-state index contributed by atoms with van der Waals surface area (Å²) < 4.78 is 32.7. The molecule has 0 radical (unpaired) electrons. The number of nitrogens with zero attached hydrogens (tertiary/aromatic N) is 2. The number of amides is 1. The SMILES string of the molecule is CC(C)CN1CCO[C@H](CNC(=O)C2CCN(S(=O)(=O)c3ccccc3)CC2)C1. The molecule has 2 aliphatic heterocycles. The highest BCUT2D eigenvalue weighted by atomic mass is 32.2. The molecule has 1 N–H and O–H groups in total. The Labute approximate surface area is 174 Å². The molecule has 0 unspecified atom stereocenters. The number of piperidine rings is 1. The van der Waals surface area contributed by atoms with Gasteiger partial charge in [-0.1, -0.05) is 32.0 Å². The van der Waals surface area contributed by atoms with Gasteiger partial charge in [0.2, 0.25) is 15.9 Å². The van der Waals surface area contributed by atoms with Crippen LogP contribution < -0.4 is 5.32 Å². The van der Waals surface area contributed by atoms with E-state index in [1.165, 1.54) is 4.31 Å². The lowest BCUT2D eigenvalue weighted by Gasteiger charge is -2.34. The van der Waals surface area contributed by atoms with E-state index in [1.54, 1.807) is 30.3 Å². The molecule has 2 aliphatic rings. The van der Waals surface area contributed by atoms with Gasteiger partial charge in [-0.25, -0.2) is 8.42 Å². The van der Waals surface area contributed by atoms with E-state index in [9.17, 15) is 13.2 Å². The molecule has 1 amide bonds.